The Labute approximate surface area is 165 Å². The summed E-state index contributed by atoms with van der Waals surface area (Å²) in [5.41, 5.74) is 4.21. The van der Waals surface area contributed by atoms with Gasteiger partial charge in [-0.15, -0.1) is 11.3 Å². The van der Waals surface area contributed by atoms with Gasteiger partial charge in [0, 0.05) is 19.7 Å². The summed E-state index contributed by atoms with van der Waals surface area (Å²) in [5.74, 6) is -0.0351. The van der Waals surface area contributed by atoms with Crippen LogP contribution in [-0.2, 0) is 11.3 Å². The third kappa shape index (κ3) is 3.72. The first-order chi connectivity index (χ1) is 12.6. The summed E-state index contributed by atoms with van der Waals surface area (Å²) in [6.07, 6.45) is 2.25. The number of benzene rings is 1. The molecular formula is C20H21BrN2O2S. The van der Waals surface area contributed by atoms with Crippen LogP contribution in [0.4, 0.5) is 0 Å². The molecule has 6 heteroatoms. The van der Waals surface area contributed by atoms with Crippen LogP contribution in [0.25, 0.3) is 10.2 Å². The first-order valence-corrected chi connectivity index (χ1v) is 10.4. The molecule has 1 aliphatic heterocycles. The highest BCUT2D eigenvalue weighted by Gasteiger charge is 2.20. The van der Waals surface area contributed by atoms with Crippen LogP contribution >= 0.6 is 27.3 Å². The highest BCUT2D eigenvalue weighted by Crippen LogP contribution is 2.33. The predicted molar refractivity (Wildman–Crippen MR) is 109 cm³/mol. The number of nitrogens with one attached hydrogen (secondary N) is 1. The molecule has 0 saturated carbocycles. The average Bonchev–Trinajstić information content (AvgIpc) is 3.32. The van der Waals surface area contributed by atoms with E-state index in [2.05, 4.69) is 63.1 Å². The number of ether oxygens (including phenoxy) is 1. The van der Waals surface area contributed by atoms with Crippen LogP contribution in [-0.4, -0.2) is 29.7 Å². The predicted octanol–water partition coefficient (Wildman–Crippen LogP) is 4.73. The van der Waals surface area contributed by atoms with Crippen molar-refractivity contribution in [2.24, 2.45) is 0 Å². The molecule has 1 N–H and O–H groups in total. The van der Waals surface area contributed by atoms with Gasteiger partial charge in [0.25, 0.3) is 5.91 Å². The van der Waals surface area contributed by atoms with Crippen molar-refractivity contribution in [1.29, 1.82) is 0 Å². The number of carbonyl (C=O) groups excluding carboxylic acids is 1. The summed E-state index contributed by atoms with van der Waals surface area (Å²) in [6.45, 7) is 4.13. The van der Waals surface area contributed by atoms with Gasteiger partial charge >= 0.3 is 0 Å². The van der Waals surface area contributed by atoms with Crippen molar-refractivity contribution in [2.75, 3.05) is 13.2 Å². The van der Waals surface area contributed by atoms with Crippen molar-refractivity contribution >= 4 is 43.4 Å². The minimum atomic E-state index is -0.0351. The van der Waals surface area contributed by atoms with E-state index < -0.39 is 0 Å². The van der Waals surface area contributed by atoms with E-state index in [-0.39, 0.29) is 12.0 Å². The molecule has 1 fully saturated rings. The number of aryl methyl sites for hydroxylation is 1. The number of nitrogens with zero attached hydrogens (tertiary/aromatic N) is 1. The topological polar surface area (TPSA) is 43.3 Å². The van der Waals surface area contributed by atoms with Crippen LogP contribution in [0.1, 0.15) is 34.5 Å². The van der Waals surface area contributed by atoms with E-state index in [1.165, 1.54) is 11.1 Å². The van der Waals surface area contributed by atoms with Gasteiger partial charge in [0.1, 0.15) is 5.69 Å². The van der Waals surface area contributed by atoms with Crippen LogP contribution in [0, 0.1) is 6.92 Å². The molecule has 4 nitrogen and oxygen atoms in total. The number of amides is 1. The van der Waals surface area contributed by atoms with Crippen LogP contribution in [0.5, 0.6) is 0 Å². The number of hydrogen-bond acceptors (Lipinski definition) is 3. The van der Waals surface area contributed by atoms with Crippen LogP contribution in [0.3, 0.4) is 0 Å². The zero-order valence-electron chi connectivity index (χ0n) is 14.6. The lowest BCUT2D eigenvalue weighted by molar-refractivity contribution is 0.0851. The Morgan fingerprint density at radius 2 is 2.15 bits per heavy atom. The van der Waals surface area contributed by atoms with Crippen molar-refractivity contribution in [2.45, 2.75) is 32.4 Å². The van der Waals surface area contributed by atoms with Crippen molar-refractivity contribution in [3.8, 4) is 0 Å². The van der Waals surface area contributed by atoms with Crippen LogP contribution < -0.4 is 5.32 Å². The highest BCUT2D eigenvalue weighted by atomic mass is 79.9. The Hall–Kier alpha value is -1.63. The molecule has 1 atom stereocenters. The zero-order chi connectivity index (χ0) is 18.1. The van der Waals surface area contributed by atoms with Gasteiger partial charge in [-0.2, -0.15) is 0 Å². The number of carbonyl (C=O) groups is 1. The second-order valence-corrected chi connectivity index (χ2v) is 9.21. The molecule has 3 aromatic rings. The summed E-state index contributed by atoms with van der Waals surface area (Å²) < 4.78 is 9.91. The molecule has 1 saturated heterocycles. The second-order valence-electron chi connectivity index (χ2n) is 6.75. The third-order valence-corrected chi connectivity index (χ3v) is 6.34. The Kier molecular flexibility index (Phi) is 5.16. The summed E-state index contributed by atoms with van der Waals surface area (Å²) in [6, 6.07) is 12.5. The molecular weight excluding hydrogens is 412 g/mol. The monoisotopic (exact) mass is 432 g/mol. The van der Waals surface area contributed by atoms with E-state index in [0.717, 1.165) is 33.5 Å². The molecule has 0 bridgehead atoms. The molecule has 0 unspecified atom stereocenters. The van der Waals surface area contributed by atoms with E-state index in [1.54, 1.807) is 11.3 Å². The number of thiophene rings is 1. The minimum Gasteiger partial charge on any atom is -0.376 e. The summed E-state index contributed by atoms with van der Waals surface area (Å²) in [7, 11) is 0. The quantitative estimate of drug-likeness (QED) is 0.632. The van der Waals surface area contributed by atoms with Gasteiger partial charge in [-0.1, -0.05) is 29.8 Å². The van der Waals surface area contributed by atoms with E-state index in [0.29, 0.717) is 18.8 Å². The number of rotatable bonds is 5. The molecule has 26 heavy (non-hydrogen) atoms. The van der Waals surface area contributed by atoms with Gasteiger partial charge in [-0.05, 0) is 53.4 Å². The van der Waals surface area contributed by atoms with Gasteiger partial charge in [-0.3, -0.25) is 4.79 Å². The third-order valence-electron chi connectivity index (χ3n) is 4.77. The van der Waals surface area contributed by atoms with E-state index in [4.69, 9.17) is 4.74 Å². The summed E-state index contributed by atoms with van der Waals surface area (Å²) in [4.78, 5) is 12.8. The molecule has 0 radical (unpaired) electrons. The lowest BCUT2D eigenvalue weighted by Crippen LogP contribution is -2.33. The van der Waals surface area contributed by atoms with E-state index in [1.807, 2.05) is 6.07 Å². The van der Waals surface area contributed by atoms with Gasteiger partial charge in [0.2, 0.25) is 0 Å². The average molecular weight is 433 g/mol. The van der Waals surface area contributed by atoms with E-state index >= 15 is 0 Å². The Balaban J connectivity index is 1.61. The van der Waals surface area contributed by atoms with Crippen molar-refractivity contribution in [3.63, 3.8) is 0 Å². The Morgan fingerprint density at radius 3 is 2.88 bits per heavy atom. The van der Waals surface area contributed by atoms with Crippen molar-refractivity contribution in [3.05, 3.63) is 57.0 Å². The van der Waals surface area contributed by atoms with Gasteiger partial charge < -0.3 is 14.6 Å². The highest BCUT2D eigenvalue weighted by molar-refractivity contribution is 9.11. The maximum absolute atomic E-state index is 12.8. The number of fused-ring (bicyclic) bond motifs is 1. The maximum Gasteiger partial charge on any atom is 0.268 e. The molecule has 0 aliphatic carbocycles. The fourth-order valence-corrected chi connectivity index (χ4v) is 4.91. The van der Waals surface area contributed by atoms with Crippen molar-refractivity contribution < 1.29 is 9.53 Å². The first kappa shape index (κ1) is 17.8. The van der Waals surface area contributed by atoms with Gasteiger partial charge in [0.15, 0.2) is 0 Å². The van der Waals surface area contributed by atoms with Gasteiger partial charge in [0.05, 0.1) is 20.1 Å². The number of halogens is 1. The zero-order valence-corrected chi connectivity index (χ0v) is 17.0. The Morgan fingerprint density at radius 1 is 1.35 bits per heavy atom. The molecule has 136 valence electrons. The smallest absolute Gasteiger partial charge is 0.268 e. The molecule has 0 spiro atoms. The lowest BCUT2D eigenvalue weighted by atomic mass is 10.1. The Bertz CT molecular complexity index is 923. The molecule has 1 amide bonds. The molecule has 2 aromatic heterocycles. The largest absolute Gasteiger partial charge is 0.376 e. The standard InChI is InChI=1S/C20H21BrN2O2S/c1-13-4-6-14(7-5-13)12-23-16-10-19(21)26-18(16)9-17(23)20(24)22-11-15-3-2-8-25-15/h4-7,9-10,15H,2-3,8,11-12H2,1H3,(H,22,24)/t15-/m0/s1. The SMILES string of the molecule is Cc1ccc(Cn2c(C(=O)NC[C@@H]3CCCO3)cc3sc(Br)cc32)cc1. The minimum absolute atomic E-state index is 0.0351. The maximum atomic E-state index is 12.8. The molecule has 1 aliphatic rings. The fraction of sp³-hybridized carbons (Fsp3) is 0.350. The van der Waals surface area contributed by atoms with Gasteiger partial charge in [-0.25, -0.2) is 0 Å². The van der Waals surface area contributed by atoms with Crippen molar-refractivity contribution in [1.82, 2.24) is 9.88 Å². The molecule has 1 aromatic carbocycles. The van der Waals surface area contributed by atoms with Crippen LogP contribution in [0.15, 0.2) is 40.2 Å². The normalized spacial score (nSPS) is 17.1. The lowest BCUT2D eigenvalue weighted by Gasteiger charge is -2.13. The first-order valence-electron chi connectivity index (χ1n) is 8.84. The molecule has 3 heterocycles. The van der Waals surface area contributed by atoms with Crippen LogP contribution in [0.2, 0.25) is 0 Å². The molecule has 4 rings (SSSR count). The number of aromatic nitrogens is 1. The fourth-order valence-electron chi connectivity index (χ4n) is 3.35. The number of hydrogen-bond donors (Lipinski definition) is 1. The van der Waals surface area contributed by atoms with E-state index in [9.17, 15) is 4.79 Å². The summed E-state index contributed by atoms with van der Waals surface area (Å²) in [5, 5.41) is 3.05. The summed E-state index contributed by atoms with van der Waals surface area (Å²) >= 11 is 5.21. The second kappa shape index (κ2) is 7.55.